The summed E-state index contributed by atoms with van der Waals surface area (Å²) in [6, 6.07) is 2.62. The lowest BCUT2D eigenvalue weighted by atomic mass is 10.0. The van der Waals surface area contributed by atoms with Crippen molar-refractivity contribution in [3.63, 3.8) is 0 Å². The van der Waals surface area contributed by atoms with Crippen molar-refractivity contribution in [2.75, 3.05) is 11.8 Å². The molecule has 1 aromatic rings. The van der Waals surface area contributed by atoms with Gasteiger partial charge in [0.2, 0.25) is 0 Å². The monoisotopic (exact) mass is 302 g/mol. The van der Waals surface area contributed by atoms with Crippen molar-refractivity contribution in [1.82, 2.24) is 4.72 Å². The Morgan fingerprint density at radius 2 is 1.85 bits per heavy atom. The Morgan fingerprint density at radius 3 is 2.35 bits per heavy atom. The van der Waals surface area contributed by atoms with E-state index in [1.165, 1.54) is 12.1 Å². The van der Waals surface area contributed by atoms with Crippen LogP contribution in [0, 0.1) is 13.8 Å². The van der Waals surface area contributed by atoms with E-state index in [2.05, 4.69) is 4.74 Å². The molecular formula is C11H14N2O6S. The average molecular weight is 302 g/mol. The van der Waals surface area contributed by atoms with Crippen molar-refractivity contribution in [3.05, 3.63) is 28.8 Å². The van der Waals surface area contributed by atoms with Crippen LogP contribution in [0.25, 0.3) is 0 Å². The van der Waals surface area contributed by atoms with Gasteiger partial charge >= 0.3 is 22.3 Å². The average Bonchev–Trinajstić information content (AvgIpc) is 2.31. The molecule has 0 saturated heterocycles. The number of benzene rings is 1. The van der Waals surface area contributed by atoms with Gasteiger partial charge in [0.05, 0.1) is 18.4 Å². The van der Waals surface area contributed by atoms with Gasteiger partial charge < -0.3 is 9.84 Å². The number of methoxy groups -OCH3 is 1. The molecule has 0 saturated carbocycles. The highest BCUT2D eigenvalue weighted by atomic mass is 32.2. The molecule has 110 valence electrons. The number of carboxylic acid groups (broad SMARTS) is 1. The van der Waals surface area contributed by atoms with E-state index in [1.807, 2.05) is 4.72 Å². The Balaban J connectivity index is 3.10. The number of anilines is 1. The van der Waals surface area contributed by atoms with Gasteiger partial charge in [0.25, 0.3) is 0 Å². The van der Waals surface area contributed by atoms with Crippen LogP contribution in [-0.4, -0.2) is 32.7 Å². The first kappa shape index (κ1) is 15.8. The number of ether oxygens (including phenoxy) is 1. The first-order chi connectivity index (χ1) is 9.16. The van der Waals surface area contributed by atoms with E-state index < -0.39 is 22.3 Å². The van der Waals surface area contributed by atoms with Crippen molar-refractivity contribution >= 4 is 28.0 Å². The van der Waals surface area contributed by atoms with E-state index in [9.17, 15) is 18.0 Å². The summed E-state index contributed by atoms with van der Waals surface area (Å²) < 4.78 is 31.0. The van der Waals surface area contributed by atoms with Gasteiger partial charge in [-0.3, -0.25) is 4.72 Å². The number of amides is 1. The second-order valence-corrected chi connectivity index (χ2v) is 5.39. The molecule has 0 bridgehead atoms. The van der Waals surface area contributed by atoms with Gasteiger partial charge in [0.1, 0.15) is 0 Å². The minimum absolute atomic E-state index is 0.0271. The third kappa shape index (κ3) is 3.85. The highest BCUT2D eigenvalue weighted by Gasteiger charge is 2.17. The minimum atomic E-state index is -4.19. The summed E-state index contributed by atoms with van der Waals surface area (Å²) >= 11 is 0. The molecule has 0 spiro atoms. The van der Waals surface area contributed by atoms with Crippen molar-refractivity contribution in [2.24, 2.45) is 0 Å². The first-order valence-corrected chi connectivity index (χ1v) is 6.87. The zero-order chi connectivity index (χ0) is 15.5. The number of aromatic carboxylic acids is 1. The lowest BCUT2D eigenvalue weighted by molar-refractivity contribution is 0.0696. The van der Waals surface area contributed by atoms with Crippen molar-refractivity contribution in [2.45, 2.75) is 13.8 Å². The summed E-state index contributed by atoms with van der Waals surface area (Å²) in [6.07, 6.45) is -1.15. The molecule has 0 aliphatic carbocycles. The Morgan fingerprint density at radius 1 is 1.25 bits per heavy atom. The summed E-state index contributed by atoms with van der Waals surface area (Å²) in [5.41, 5.74) is 1.13. The quantitative estimate of drug-likeness (QED) is 0.763. The molecular weight excluding hydrogens is 288 g/mol. The SMILES string of the molecule is COC(=O)NS(=O)(=O)Nc1cc(C)c(C)c(C(=O)O)c1. The van der Waals surface area contributed by atoms with E-state index in [-0.39, 0.29) is 11.3 Å². The molecule has 0 radical (unpaired) electrons. The van der Waals surface area contributed by atoms with Crippen LogP contribution in [0.4, 0.5) is 10.5 Å². The zero-order valence-corrected chi connectivity index (χ0v) is 11.9. The zero-order valence-electron chi connectivity index (χ0n) is 11.1. The maximum Gasteiger partial charge on any atom is 0.422 e. The number of aryl methyl sites for hydroxylation is 1. The predicted octanol–water partition coefficient (Wildman–Crippen LogP) is 1.01. The third-order valence-electron chi connectivity index (χ3n) is 2.55. The summed E-state index contributed by atoms with van der Waals surface area (Å²) in [7, 11) is -3.17. The largest absolute Gasteiger partial charge is 0.478 e. The van der Waals surface area contributed by atoms with E-state index in [1.54, 1.807) is 18.6 Å². The number of carbonyl (C=O) groups excluding carboxylic acids is 1. The highest BCUT2D eigenvalue weighted by Crippen LogP contribution is 2.20. The van der Waals surface area contributed by atoms with Crippen LogP contribution in [0.2, 0.25) is 0 Å². The summed E-state index contributed by atoms with van der Waals surface area (Å²) in [5, 5.41) is 9.03. The first-order valence-electron chi connectivity index (χ1n) is 5.39. The topological polar surface area (TPSA) is 122 Å². The molecule has 0 aliphatic rings. The normalized spacial score (nSPS) is 10.8. The number of rotatable bonds is 4. The number of carbonyl (C=O) groups is 2. The van der Waals surface area contributed by atoms with Crippen LogP contribution in [0.1, 0.15) is 21.5 Å². The molecule has 0 atom stereocenters. The van der Waals surface area contributed by atoms with Crippen LogP contribution >= 0.6 is 0 Å². The molecule has 1 amide bonds. The predicted molar refractivity (Wildman–Crippen MR) is 71.0 cm³/mol. The van der Waals surface area contributed by atoms with Crippen molar-refractivity contribution in [1.29, 1.82) is 0 Å². The summed E-state index contributed by atoms with van der Waals surface area (Å²) in [5.74, 6) is -1.17. The van der Waals surface area contributed by atoms with E-state index >= 15 is 0 Å². The van der Waals surface area contributed by atoms with Gasteiger partial charge in [-0.15, -0.1) is 0 Å². The molecule has 0 fully saturated rings. The van der Waals surface area contributed by atoms with Crippen LogP contribution < -0.4 is 9.44 Å². The molecule has 0 aromatic heterocycles. The van der Waals surface area contributed by atoms with Gasteiger partial charge in [0, 0.05) is 0 Å². The molecule has 0 unspecified atom stereocenters. The fourth-order valence-electron chi connectivity index (χ4n) is 1.47. The second-order valence-electron chi connectivity index (χ2n) is 3.97. The lowest BCUT2D eigenvalue weighted by Crippen LogP contribution is -2.35. The van der Waals surface area contributed by atoms with Crippen molar-refractivity contribution < 1.29 is 27.9 Å². The molecule has 9 heteroatoms. The third-order valence-corrected chi connectivity index (χ3v) is 3.49. The van der Waals surface area contributed by atoms with E-state index in [0.717, 1.165) is 7.11 Å². The van der Waals surface area contributed by atoms with Crippen LogP contribution in [0.3, 0.4) is 0 Å². The number of hydrogen-bond acceptors (Lipinski definition) is 5. The smallest absolute Gasteiger partial charge is 0.422 e. The Bertz CT molecular complexity index is 653. The molecule has 1 rings (SSSR count). The molecule has 8 nitrogen and oxygen atoms in total. The lowest BCUT2D eigenvalue weighted by Gasteiger charge is -2.12. The van der Waals surface area contributed by atoms with Gasteiger partial charge in [0.15, 0.2) is 0 Å². The van der Waals surface area contributed by atoms with Crippen LogP contribution in [0.15, 0.2) is 12.1 Å². The van der Waals surface area contributed by atoms with Gasteiger partial charge in [-0.1, -0.05) is 0 Å². The van der Waals surface area contributed by atoms with E-state index in [4.69, 9.17) is 5.11 Å². The number of carboxylic acids is 1. The molecule has 20 heavy (non-hydrogen) atoms. The van der Waals surface area contributed by atoms with Gasteiger partial charge in [-0.25, -0.2) is 14.3 Å². The fraction of sp³-hybridized carbons (Fsp3) is 0.273. The van der Waals surface area contributed by atoms with Crippen LogP contribution in [0.5, 0.6) is 0 Å². The maximum absolute atomic E-state index is 11.6. The second kappa shape index (κ2) is 5.78. The summed E-state index contributed by atoms with van der Waals surface area (Å²) in [6.45, 7) is 3.26. The fourth-order valence-corrected chi connectivity index (χ4v) is 2.25. The molecule has 3 N–H and O–H groups in total. The van der Waals surface area contributed by atoms with Crippen LogP contribution in [-0.2, 0) is 14.9 Å². The maximum atomic E-state index is 11.6. The van der Waals surface area contributed by atoms with Gasteiger partial charge in [-0.2, -0.15) is 8.42 Å². The standard InChI is InChI=1S/C11H14N2O6S/c1-6-4-8(5-9(7(6)2)10(14)15)12-20(17,18)13-11(16)19-3/h4-5,12H,1-3H3,(H,13,16)(H,14,15). The van der Waals surface area contributed by atoms with E-state index in [0.29, 0.717) is 11.1 Å². The Hall–Kier alpha value is -2.29. The number of hydrogen-bond donors (Lipinski definition) is 3. The highest BCUT2D eigenvalue weighted by molar-refractivity contribution is 7.91. The summed E-state index contributed by atoms with van der Waals surface area (Å²) in [4.78, 5) is 21.9. The minimum Gasteiger partial charge on any atom is -0.478 e. The van der Waals surface area contributed by atoms with Crippen molar-refractivity contribution in [3.8, 4) is 0 Å². The molecule has 1 aromatic carbocycles. The van der Waals surface area contributed by atoms with Gasteiger partial charge in [-0.05, 0) is 37.1 Å². The Labute approximate surface area is 115 Å². The molecule has 0 heterocycles. The molecule has 0 aliphatic heterocycles. The number of nitrogens with one attached hydrogen (secondary N) is 2. The Kier molecular flexibility index (Phi) is 4.56.